The van der Waals surface area contributed by atoms with Crippen molar-refractivity contribution >= 4 is 17.4 Å². The third-order valence-corrected chi connectivity index (χ3v) is 3.78. The van der Waals surface area contributed by atoms with E-state index >= 15 is 0 Å². The molecule has 2 rings (SSSR count). The molecule has 19 heavy (non-hydrogen) atoms. The van der Waals surface area contributed by atoms with Gasteiger partial charge in [-0.3, -0.25) is 0 Å². The second-order valence-electron chi connectivity index (χ2n) is 4.48. The predicted octanol–water partition coefficient (Wildman–Crippen LogP) is 4.48. The SMILES string of the molecule is Cc1cccc(CSCCNc2cccc(F)c2)c1. The Kier molecular flexibility index (Phi) is 5.28. The van der Waals surface area contributed by atoms with Gasteiger partial charge in [0, 0.05) is 23.7 Å². The first kappa shape index (κ1) is 13.9. The number of rotatable bonds is 6. The minimum Gasteiger partial charge on any atom is -0.384 e. The van der Waals surface area contributed by atoms with E-state index < -0.39 is 0 Å². The van der Waals surface area contributed by atoms with Gasteiger partial charge in [0.2, 0.25) is 0 Å². The van der Waals surface area contributed by atoms with Gasteiger partial charge in [-0.05, 0) is 30.7 Å². The van der Waals surface area contributed by atoms with Gasteiger partial charge in [0.25, 0.3) is 0 Å². The third-order valence-electron chi connectivity index (χ3n) is 2.75. The van der Waals surface area contributed by atoms with Crippen molar-refractivity contribution < 1.29 is 4.39 Å². The Morgan fingerprint density at radius 1 is 1.11 bits per heavy atom. The van der Waals surface area contributed by atoms with Crippen LogP contribution in [-0.4, -0.2) is 12.3 Å². The van der Waals surface area contributed by atoms with Gasteiger partial charge in [0.15, 0.2) is 0 Å². The summed E-state index contributed by atoms with van der Waals surface area (Å²) in [5.41, 5.74) is 3.50. The van der Waals surface area contributed by atoms with Crippen molar-refractivity contribution in [3.05, 3.63) is 65.5 Å². The summed E-state index contributed by atoms with van der Waals surface area (Å²) < 4.78 is 13.0. The fourth-order valence-electron chi connectivity index (χ4n) is 1.86. The molecule has 0 aromatic heterocycles. The van der Waals surface area contributed by atoms with Crippen LogP contribution < -0.4 is 5.32 Å². The molecular formula is C16H18FNS. The Bertz CT molecular complexity index is 480. The van der Waals surface area contributed by atoms with Crippen molar-refractivity contribution in [1.29, 1.82) is 0 Å². The van der Waals surface area contributed by atoms with Crippen LogP contribution in [0.1, 0.15) is 11.1 Å². The molecule has 0 spiro atoms. The highest BCUT2D eigenvalue weighted by Gasteiger charge is 1.96. The van der Waals surface area contributed by atoms with Crippen molar-refractivity contribution in [3.63, 3.8) is 0 Å². The molecule has 0 atom stereocenters. The van der Waals surface area contributed by atoms with Crippen LogP contribution in [0.2, 0.25) is 0 Å². The zero-order chi connectivity index (χ0) is 13.5. The summed E-state index contributed by atoms with van der Waals surface area (Å²) >= 11 is 1.88. The van der Waals surface area contributed by atoms with Crippen LogP contribution in [0.3, 0.4) is 0 Å². The van der Waals surface area contributed by atoms with E-state index in [1.165, 1.54) is 23.3 Å². The molecule has 1 N–H and O–H groups in total. The number of aryl methyl sites for hydroxylation is 1. The van der Waals surface area contributed by atoms with Gasteiger partial charge >= 0.3 is 0 Å². The van der Waals surface area contributed by atoms with Crippen LogP contribution >= 0.6 is 11.8 Å². The summed E-state index contributed by atoms with van der Waals surface area (Å²) in [5.74, 6) is 1.83. The van der Waals surface area contributed by atoms with Gasteiger partial charge in [0.1, 0.15) is 5.82 Å². The lowest BCUT2D eigenvalue weighted by Crippen LogP contribution is -2.04. The Morgan fingerprint density at radius 2 is 1.95 bits per heavy atom. The average molecular weight is 275 g/mol. The highest BCUT2D eigenvalue weighted by molar-refractivity contribution is 7.98. The molecule has 1 nitrogen and oxygen atoms in total. The first-order chi connectivity index (χ1) is 9.24. The molecule has 100 valence electrons. The maximum absolute atomic E-state index is 13.0. The molecule has 2 aromatic rings. The van der Waals surface area contributed by atoms with E-state index in [-0.39, 0.29) is 5.82 Å². The van der Waals surface area contributed by atoms with Crippen LogP contribution in [0.5, 0.6) is 0 Å². The van der Waals surface area contributed by atoms with Gasteiger partial charge in [-0.2, -0.15) is 11.8 Å². The van der Waals surface area contributed by atoms with Crippen LogP contribution in [-0.2, 0) is 5.75 Å². The molecule has 0 fully saturated rings. The summed E-state index contributed by atoms with van der Waals surface area (Å²) in [4.78, 5) is 0. The van der Waals surface area contributed by atoms with Gasteiger partial charge in [-0.1, -0.05) is 35.9 Å². The zero-order valence-electron chi connectivity index (χ0n) is 11.0. The first-order valence-corrected chi connectivity index (χ1v) is 7.52. The lowest BCUT2D eigenvalue weighted by molar-refractivity contribution is 0.628. The monoisotopic (exact) mass is 275 g/mol. The molecule has 0 bridgehead atoms. The molecule has 0 aliphatic heterocycles. The molecule has 0 saturated heterocycles. The first-order valence-electron chi connectivity index (χ1n) is 6.37. The topological polar surface area (TPSA) is 12.0 Å². The fourth-order valence-corrected chi connectivity index (χ4v) is 2.66. The summed E-state index contributed by atoms with van der Waals surface area (Å²) in [6, 6.07) is 15.2. The van der Waals surface area contributed by atoms with Crippen LogP contribution in [0.25, 0.3) is 0 Å². The Labute approximate surface area is 118 Å². The minimum absolute atomic E-state index is 0.197. The molecule has 0 heterocycles. The summed E-state index contributed by atoms with van der Waals surface area (Å²) in [5, 5.41) is 3.22. The summed E-state index contributed by atoms with van der Waals surface area (Å²) in [7, 11) is 0. The van der Waals surface area contributed by atoms with E-state index in [9.17, 15) is 4.39 Å². The standard InChI is InChI=1S/C16H18FNS/c1-13-4-2-5-14(10-13)12-19-9-8-18-16-7-3-6-15(17)11-16/h2-7,10-11,18H,8-9,12H2,1H3. The number of halogens is 1. The summed E-state index contributed by atoms with van der Waals surface area (Å²) in [6.45, 7) is 2.96. The zero-order valence-corrected chi connectivity index (χ0v) is 11.8. The van der Waals surface area contributed by atoms with E-state index in [0.29, 0.717) is 0 Å². The molecular weight excluding hydrogens is 257 g/mol. The Morgan fingerprint density at radius 3 is 2.74 bits per heavy atom. The largest absolute Gasteiger partial charge is 0.384 e. The van der Waals surface area contributed by atoms with E-state index in [0.717, 1.165) is 23.7 Å². The lowest BCUT2D eigenvalue weighted by atomic mass is 10.2. The smallest absolute Gasteiger partial charge is 0.125 e. The molecule has 0 aliphatic carbocycles. The van der Waals surface area contributed by atoms with Crippen molar-refractivity contribution in [2.45, 2.75) is 12.7 Å². The maximum Gasteiger partial charge on any atom is 0.125 e. The second-order valence-corrected chi connectivity index (χ2v) is 5.58. The molecule has 0 aliphatic rings. The fraction of sp³-hybridized carbons (Fsp3) is 0.250. The van der Waals surface area contributed by atoms with Crippen molar-refractivity contribution in [2.75, 3.05) is 17.6 Å². The number of nitrogens with one attached hydrogen (secondary N) is 1. The normalized spacial score (nSPS) is 10.4. The quantitative estimate of drug-likeness (QED) is 0.780. The Balaban J connectivity index is 1.67. The number of hydrogen-bond acceptors (Lipinski definition) is 2. The van der Waals surface area contributed by atoms with Crippen molar-refractivity contribution in [2.24, 2.45) is 0 Å². The van der Waals surface area contributed by atoms with Crippen molar-refractivity contribution in [1.82, 2.24) is 0 Å². The van der Waals surface area contributed by atoms with Gasteiger partial charge < -0.3 is 5.32 Å². The highest BCUT2D eigenvalue weighted by Crippen LogP contribution is 2.14. The molecule has 0 unspecified atom stereocenters. The maximum atomic E-state index is 13.0. The van der Waals surface area contributed by atoms with E-state index in [2.05, 4.69) is 36.5 Å². The number of hydrogen-bond donors (Lipinski definition) is 1. The predicted molar refractivity (Wildman–Crippen MR) is 82.2 cm³/mol. The third kappa shape index (κ3) is 4.95. The lowest BCUT2D eigenvalue weighted by Gasteiger charge is -2.06. The minimum atomic E-state index is -0.197. The van der Waals surface area contributed by atoms with Crippen LogP contribution in [0, 0.1) is 12.7 Å². The molecule has 2 aromatic carbocycles. The molecule has 0 amide bonds. The average Bonchev–Trinajstić information content (AvgIpc) is 2.38. The Hall–Kier alpha value is -1.48. The van der Waals surface area contributed by atoms with E-state index in [1.54, 1.807) is 6.07 Å². The number of anilines is 1. The molecule has 0 radical (unpaired) electrons. The van der Waals surface area contributed by atoms with Gasteiger partial charge in [-0.25, -0.2) is 4.39 Å². The number of thioether (sulfide) groups is 1. The van der Waals surface area contributed by atoms with Crippen molar-refractivity contribution in [3.8, 4) is 0 Å². The van der Waals surface area contributed by atoms with Gasteiger partial charge in [0.05, 0.1) is 0 Å². The van der Waals surface area contributed by atoms with Gasteiger partial charge in [-0.15, -0.1) is 0 Å². The highest BCUT2D eigenvalue weighted by atomic mass is 32.2. The summed E-state index contributed by atoms with van der Waals surface area (Å²) in [6.07, 6.45) is 0. The van der Waals surface area contributed by atoms with E-state index in [4.69, 9.17) is 0 Å². The van der Waals surface area contributed by atoms with E-state index in [1.807, 2.05) is 17.8 Å². The second kappa shape index (κ2) is 7.19. The van der Waals surface area contributed by atoms with Crippen LogP contribution in [0.4, 0.5) is 10.1 Å². The molecule has 0 saturated carbocycles. The number of benzene rings is 2. The molecule has 3 heteroatoms. The van der Waals surface area contributed by atoms with Crippen LogP contribution in [0.15, 0.2) is 48.5 Å².